The van der Waals surface area contributed by atoms with Crippen LogP contribution in [0, 0.1) is 0 Å². The lowest BCUT2D eigenvalue weighted by molar-refractivity contribution is -0.135. The second kappa shape index (κ2) is 11.3. The number of Topliss-reactive ketones (excluding diaryl/α,β-unsaturated/α-hetero) is 1. The van der Waals surface area contributed by atoms with E-state index in [-0.39, 0.29) is 18.3 Å². The highest BCUT2D eigenvalue weighted by molar-refractivity contribution is 6.30. The Labute approximate surface area is 203 Å². The van der Waals surface area contributed by atoms with E-state index >= 15 is 0 Å². The molecule has 2 heterocycles. The average molecular weight is 483 g/mol. The van der Waals surface area contributed by atoms with Crippen molar-refractivity contribution < 1.29 is 18.8 Å². The zero-order valence-electron chi connectivity index (χ0n) is 19.1. The molecule has 2 aromatic carbocycles. The number of aryl methyl sites for hydroxylation is 1. The summed E-state index contributed by atoms with van der Waals surface area (Å²) in [6.45, 7) is 4.79. The van der Waals surface area contributed by atoms with Crippen molar-refractivity contribution in [2.75, 3.05) is 32.8 Å². The van der Waals surface area contributed by atoms with Gasteiger partial charge in [0.1, 0.15) is 11.5 Å². The van der Waals surface area contributed by atoms with E-state index in [1.54, 1.807) is 19.1 Å². The molecular weight excluding hydrogens is 456 g/mol. The van der Waals surface area contributed by atoms with Crippen LogP contribution in [0.2, 0.25) is 5.02 Å². The smallest absolute Gasteiger partial charge is 0.260 e. The zero-order chi connectivity index (χ0) is 23.9. The van der Waals surface area contributed by atoms with E-state index in [2.05, 4.69) is 15.0 Å². The molecule has 0 radical (unpaired) electrons. The van der Waals surface area contributed by atoms with E-state index in [1.807, 2.05) is 41.3 Å². The average Bonchev–Trinajstić information content (AvgIpc) is 3.31. The first-order chi connectivity index (χ1) is 16.5. The van der Waals surface area contributed by atoms with Gasteiger partial charge in [-0.3, -0.25) is 9.69 Å². The summed E-state index contributed by atoms with van der Waals surface area (Å²) in [6.07, 6.45) is 1.24. The van der Waals surface area contributed by atoms with E-state index in [1.165, 1.54) is 0 Å². The molecule has 9 heteroatoms. The maximum absolute atomic E-state index is 12.6. The van der Waals surface area contributed by atoms with Crippen LogP contribution in [0.15, 0.2) is 53.1 Å². The summed E-state index contributed by atoms with van der Waals surface area (Å²) >= 11 is 5.93. The van der Waals surface area contributed by atoms with Crippen LogP contribution >= 0.6 is 11.6 Å². The van der Waals surface area contributed by atoms with Gasteiger partial charge in [0.05, 0.1) is 6.54 Å². The molecule has 1 fully saturated rings. The van der Waals surface area contributed by atoms with Crippen molar-refractivity contribution >= 4 is 23.3 Å². The number of nitrogens with zero attached hydrogens (tertiary/aromatic N) is 4. The second-order valence-corrected chi connectivity index (χ2v) is 8.75. The molecule has 0 bridgehead atoms. The molecule has 0 saturated carbocycles. The number of carbonyl (C=O) groups excluding carboxylic acids is 2. The molecule has 0 spiro atoms. The quantitative estimate of drug-likeness (QED) is 0.460. The number of benzene rings is 2. The first-order valence-corrected chi connectivity index (χ1v) is 11.6. The molecule has 1 aliphatic rings. The number of carbonyl (C=O) groups is 2. The van der Waals surface area contributed by atoms with Gasteiger partial charge in [-0.05, 0) is 55.3 Å². The van der Waals surface area contributed by atoms with Crippen molar-refractivity contribution in [3.8, 4) is 17.1 Å². The Morgan fingerprint density at radius 1 is 1.03 bits per heavy atom. The van der Waals surface area contributed by atoms with Crippen molar-refractivity contribution in [3.63, 3.8) is 0 Å². The van der Waals surface area contributed by atoms with Gasteiger partial charge in [-0.1, -0.05) is 28.9 Å². The molecule has 8 nitrogen and oxygen atoms in total. The number of rotatable bonds is 9. The third kappa shape index (κ3) is 6.65. The summed E-state index contributed by atoms with van der Waals surface area (Å²) in [5.74, 6) is 1.85. The van der Waals surface area contributed by atoms with E-state index in [4.69, 9.17) is 20.9 Å². The highest BCUT2D eigenvalue weighted by Crippen LogP contribution is 2.19. The third-order valence-electron chi connectivity index (χ3n) is 5.71. The summed E-state index contributed by atoms with van der Waals surface area (Å²) in [7, 11) is 0. The SMILES string of the molecule is CC(=O)CCc1ccc(OCC(=O)N2CCN(Cc3nc(-c4ccc(Cl)cc4)no3)CC2)cc1. The van der Waals surface area contributed by atoms with Crippen molar-refractivity contribution in [2.24, 2.45) is 0 Å². The highest BCUT2D eigenvalue weighted by atomic mass is 35.5. The van der Waals surface area contributed by atoms with Crippen molar-refractivity contribution in [3.05, 3.63) is 65.0 Å². The minimum atomic E-state index is -0.0388. The minimum absolute atomic E-state index is 0.000897. The molecule has 3 aromatic rings. The van der Waals surface area contributed by atoms with Crippen LogP contribution in [0.3, 0.4) is 0 Å². The molecule has 0 unspecified atom stereocenters. The predicted octanol–water partition coefficient (Wildman–Crippen LogP) is 3.63. The molecule has 0 atom stereocenters. The molecule has 4 rings (SSSR count). The van der Waals surface area contributed by atoms with Gasteiger partial charge in [-0.2, -0.15) is 4.98 Å². The lowest BCUT2D eigenvalue weighted by atomic mass is 10.1. The fourth-order valence-corrected chi connectivity index (χ4v) is 3.82. The van der Waals surface area contributed by atoms with Crippen LogP contribution in [0.5, 0.6) is 5.75 Å². The Morgan fingerprint density at radius 2 is 1.74 bits per heavy atom. The second-order valence-electron chi connectivity index (χ2n) is 8.31. The van der Waals surface area contributed by atoms with Crippen LogP contribution < -0.4 is 4.74 Å². The Hall–Kier alpha value is -3.23. The Morgan fingerprint density at radius 3 is 2.41 bits per heavy atom. The van der Waals surface area contributed by atoms with E-state index in [0.717, 1.165) is 24.2 Å². The molecular formula is C25H27ClN4O4. The predicted molar refractivity (Wildman–Crippen MR) is 128 cm³/mol. The number of piperazine rings is 1. The maximum atomic E-state index is 12.6. The molecule has 0 N–H and O–H groups in total. The lowest BCUT2D eigenvalue weighted by Crippen LogP contribution is -2.49. The number of amides is 1. The molecule has 34 heavy (non-hydrogen) atoms. The zero-order valence-corrected chi connectivity index (χ0v) is 19.8. The van der Waals surface area contributed by atoms with Crippen LogP contribution in [-0.4, -0.2) is 64.4 Å². The first-order valence-electron chi connectivity index (χ1n) is 11.3. The summed E-state index contributed by atoms with van der Waals surface area (Å²) in [5.41, 5.74) is 1.92. The number of ether oxygens (including phenoxy) is 1. The Bertz CT molecular complexity index is 1110. The third-order valence-corrected chi connectivity index (χ3v) is 5.96. The molecule has 178 valence electrons. The lowest BCUT2D eigenvalue weighted by Gasteiger charge is -2.33. The van der Waals surface area contributed by atoms with Crippen molar-refractivity contribution in [1.82, 2.24) is 19.9 Å². The number of aromatic nitrogens is 2. The van der Waals surface area contributed by atoms with Gasteiger partial charge in [-0.15, -0.1) is 0 Å². The largest absolute Gasteiger partial charge is 0.484 e. The molecule has 1 aromatic heterocycles. The van der Waals surface area contributed by atoms with Gasteiger partial charge < -0.3 is 19.0 Å². The molecule has 0 aliphatic carbocycles. The van der Waals surface area contributed by atoms with Gasteiger partial charge in [-0.25, -0.2) is 0 Å². The fraction of sp³-hybridized carbons (Fsp3) is 0.360. The van der Waals surface area contributed by atoms with E-state index < -0.39 is 0 Å². The molecule has 1 saturated heterocycles. The first kappa shape index (κ1) is 23.9. The summed E-state index contributed by atoms with van der Waals surface area (Å²) in [5, 5.41) is 4.71. The number of halogens is 1. The van der Waals surface area contributed by atoms with E-state index in [9.17, 15) is 9.59 Å². The summed E-state index contributed by atoms with van der Waals surface area (Å²) in [6, 6.07) is 14.8. The standard InChI is InChI=1S/C25H27ClN4O4/c1-18(31)2-3-19-4-10-22(11-5-19)33-17-24(32)30-14-12-29(13-15-30)16-23-27-25(28-34-23)20-6-8-21(26)9-7-20/h4-11H,2-3,12-17H2,1H3. The summed E-state index contributed by atoms with van der Waals surface area (Å²) < 4.78 is 11.1. The van der Waals surface area contributed by atoms with Crippen molar-refractivity contribution in [1.29, 1.82) is 0 Å². The highest BCUT2D eigenvalue weighted by Gasteiger charge is 2.23. The van der Waals surface area contributed by atoms with Crippen LogP contribution in [0.25, 0.3) is 11.4 Å². The Balaban J connectivity index is 1.20. The number of ketones is 1. The topological polar surface area (TPSA) is 88.8 Å². The normalized spacial score (nSPS) is 14.2. The summed E-state index contributed by atoms with van der Waals surface area (Å²) in [4.78, 5) is 32.1. The van der Waals surface area contributed by atoms with Crippen LogP contribution in [-0.2, 0) is 22.6 Å². The van der Waals surface area contributed by atoms with Crippen molar-refractivity contribution in [2.45, 2.75) is 26.3 Å². The maximum Gasteiger partial charge on any atom is 0.260 e. The number of hydrogen-bond acceptors (Lipinski definition) is 7. The van der Waals surface area contributed by atoms with Gasteiger partial charge in [0.2, 0.25) is 11.7 Å². The van der Waals surface area contributed by atoms with Crippen LogP contribution in [0.1, 0.15) is 24.8 Å². The number of hydrogen-bond donors (Lipinski definition) is 0. The minimum Gasteiger partial charge on any atom is -0.484 e. The van der Waals surface area contributed by atoms with E-state index in [0.29, 0.717) is 55.0 Å². The van der Waals surface area contributed by atoms with Crippen LogP contribution in [0.4, 0.5) is 0 Å². The van der Waals surface area contributed by atoms with Gasteiger partial charge in [0, 0.05) is 43.2 Å². The molecule has 1 aliphatic heterocycles. The van der Waals surface area contributed by atoms with Gasteiger partial charge >= 0.3 is 0 Å². The van der Waals surface area contributed by atoms with Gasteiger partial charge in [0.15, 0.2) is 6.61 Å². The monoisotopic (exact) mass is 482 g/mol. The fourth-order valence-electron chi connectivity index (χ4n) is 3.69. The Kier molecular flexibility index (Phi) is 7.92. The molecule has 1 amide bonds. The van der Waals surface area contributed by atoms with Gasteiger partial charge in [0.25, 0.3) is 5.91 Å².